The van der Waals surface area contributed by atoms with Gasteiger partial charge in [0, 0.05) is 32.2 Å². The summed E-state index contributed by atoms with van der Waals surface area (Å²) in [6.07, 6.45) is 8.98. The van der Waals surface area contributed by atoms with Crippen LogP contribution in [0.4, 0.5) is 10.6 Å². The molecule has 0 aromatic carbocycles. The van der Waals surface area contributed by atoms with Gasteiger partial charge >= 0.3 is 6.09 Å². The van der Waals surface area contributed by atoms with Gasteiger partial charge in [0.25, 0.3) is 0 Å². The number of nitrogens with zero attached hydrogens (tertiary/aromatic N) is 7. The molecule has 2 fully saturated rings. The lowest BCUT2D eigenvalue weighted by Gasteiger charge is -2.40. The highest BCUT2D eigenvalue weighted by Crippen LogP contribution is 2.34. The Balaban J connectivity index is 1.28. The van der Waals surface area contributed by atoms with Crippen molar-refractivity contribution in [3.63, 3.8) is 0 Å². The van der Waals surface area contributed by atoms with E-state index in [0.717, 1.165) is 63.5 Å². The van der Waals surface area contributed by atoms with Crippen molar-refractivity contribution in [2.45, 2.75) is 52.1 Å². The van der Waals surface area contributed by atoms with Gasteiger partial charge in [-0.15, -0.1) is 0 Å². The lowest BCUT2D eigenvalue weighted by atomic mass is 9.79. The normalized spacial score (nSPS) is 19.2. The van der Waals surface area contributed by atoms with Crippen LogP contribution in [0.5, 0.6) is 0 Å². The zero-order chi connectivity index (χ0) is 21.1. The molecule has 0 unspecified atom stereocenters. The van der Waals surface area contributed by atoms with Gasteiger partial charge in [-0.05, 0) is 58.3 Å². The van der Waals surface area contributed by atoms with Crippen LogP contribution in [0.25, 0.3) is 5.82 Å². The molecule has 9 nitrogen and oxygen atoms in total. The van der Waals surface area contributed by atoms with Crippen molar-refractivity contribution in [2.75, 3.05) is 31.1 Å². The molecule has 4 heterocycles. The number of hydrogen-bond acceptors (Lipinski definition) is 7. The van der Waals surface area contributed by atoms with Gasteiger partial charge in [0.05, 0.1) is 0 Å². The molecule has 2 aliphatic heterocycles. The van der Waals surface area contributed by atoms with Crippen molar-refractivity contribution in [2.24, 2.45) is 11.8 Å². The van der Waals surface area contributed by atoms with Crippen molar-refractivity contribution < 1.29 is 9.53 Å². The number of hydrogen-bond donors (Lipinski definition) is 0. The van der Waals surface area contributed by atoms with Gasteiger partial charge in [-0.25, -0.2) is 24.4 Å². The molecule has 0 atom stereocenters. The molecule has 4 rings (SSSR count). The van der Waals surface area contributed by atoms with Crippen molar-refractivity contribution in [3.05, 3.63) is 25.0 Å². The van der Waals surface area contributed by atoms with E-state index >= 15 is 0 Å². The van der Waals surface area contributed by atoms with E-state index in [1.165, 1.54) is 6.33 Å². The van der Waals surface area contributed by atoms with E-state index in [1.54, 1.807) is 17.3 Å². The summed E-state index contributed by atoms with van der Waals surface area (Å²) in [5, 5.41) is 4.14. The second-order valence-electron chi connectivity index (χ2n) is 9.20. The number of likely N-dealkylation sites (tertiary alicyclic amines) is 1. The van der Waals surface area contributed by atoms with Crippen LogP contribution >= 0.6 is 0 Å². The van der Waals surface area contributed by atoms with Crippen LogP contribution in [-0.2, 0) is 4.74 Å². The van der Waals surface area contributed by atoms with E-state index in [9.17, 15) is 4.79 Å². The Morgan fingerprint density at radius 3 is 2.20 bits per heavy atom. The summed E-state index contributed by atoms with van der Waals surface area (Å²) < 4.78 is 7.16. The lowest BCUT2D eigenvalue weighted by molar-refractivity contribution is 0.0152. The molecule has 2 saturated heterocycles. The second kappa shape index (κ2) is 8.57. The molecule has 1 amide bonds. The van der Waals surface area contributed by atoms with Crippen LogP contribution in [-0.4, -0.2) is 67.5 Å². The van der Waals surface area contributed by atoms with E-state index in [1.807, 2.05) is 31.7 Å². The Kier molecular flexibility index (Phi) is 5.87. The van der Waals surface area contributed by atoms with Crippen molar-refractivity contribution in [3.8, 4) is 5.82 Å². The first-order valence-corrected chi connectivity index (χ1v) is 10.8. The molecule has 30 heavy (non-hydrogen) atoms. The van der Waals surface area contributed by atoms with Gasteiger partial charge < -0.3 is 14.5 Å². The number of aromatic nitrogens is 5. The largest absolute Gasteiger partial charge is 0.444 e. The Hall–Kier alpha value is -2.71. The zero-order valence-corrected chi connectivity index (χ0v) is 18.1. The minimum absolute atomic E-state index is 0.178. The van der Waals surface area contributed by atoms with Gasteiger partial charge in [-0.1, -0.05) is 0 Å². The summed E-state index contributed by atoms with van der Waals surface area (Å²) >= 11 is 0. The first-order valence-electron chi connectivity index (χ1n) is 10.8. The topological polar surface area (TPSA) is 89.3 Å². The fraction of sp³-hybridized carbons (Fsp3) is 0.667. The Bertz CT molecular complexity index is 833. The summed E-state index contributed by atoms with van der Waals surface area (Å²) in [4.78, 5) is 29.2. The fourth-order valence-electron chi connectivity index (χ4n) is 4.44. The van der Waals surface area contributed by atoms with E-state index < -0.39 is 5.60 Å². The highest BCUT2D eigenvalue weighted by atomic mass is 16.6. The third-order valence-corrected chi connectivity index (χ3v) is 6.01. The van der Waals surface area contributed by atoms with Crippen LogP contribution in [0.15, 0.2) is 25.0 Å². The fourth-order valence-corrected chi connectivity index (χ4v) is 4.44. The molecule has 162 valence electrons. The number of rotatable bonds is 3. The maximum Gasteiger partial charge on any atom is 0.410 e. The van der Waals surface area contributed by atoms with Gasteiger partial charge in [0.15, 0.2) is 5.82 Å². The summed E-state index contributed by atoms with van der Waals surface area (Å²) in [6.45, 7) is 9.32. The number of carbonyl (C=O) groups is 1. The van der Waals surface area contributed by atoms with Gasteiger partial charge in [-0.3, -0.25) is 0 Å². The number of ether oxygens (including phenoxy) is 1. The highest BCUT2D eigenvalue weighted by Gasteiger charge is 2.32. The van der Waals surface area contributed by atoms with E-state index in [4.69, 9.17) is 4.74 Å². The van der Waals surface area contributed by atoms with Crippen LogP contribution in [0.2, 0.25) is 0 Å². The van der Waals surface area contributed by atoms with E-state index in [2.05, 4.69) is 25.0 Å². The molecule has 0 saturated carbocycles. The first-order chi connectivity index (χ1) is 14.4. The number of anilines is 1. The first kappa shape index (κ1) is 20.6. The smallest absolute Gasteiger partial charge is 0.410 e. The zero-order valence-electron chi connectivity index (χ0n) is 18.1. The van der Waals surface area contributed by atoms with Crippen LogP contribution < -0.4 is 4.90 Å². The molecule has 2 aliphatic rings. The van der Waals surface area contributed by atoms with Crippen LogP contribution in [0, 0.1) is 11.8 Å². The van der Waals surface area contributed by atoms with Crippen molar-refractivity contribution in [1.82, 2.24) is 29.6 Å². The number of amides is 1. The average Bonchev–Trinajstić information content (AvgIpc) is 3.28. The monoisotopic (exact) mass is 413 g/mol. The molecule has 2 aromatic rings. The lowest BCUT2D eigenvalue weighted by Crippen LogP contribution is -2.44. The van der Waals surface area contributed by atoms with Crippen molar-refractivity contribution >= 4 is 11.9 Å². The summed E-state index contributed by atoms with van der Waals surface area (Å²) in [6, 6.07) is 1.97. The molecule has 0 N–H and O–H groups in total. The number of carbonyl (C=O) groups excluding carboxylic acids is 1. The Morgan fingerprint density at radius 2 is 1.60 bits per heavy atom. The molecule has 2 aromatic heterocycles. The standard InChI is InChI=1S/C21H31N7O2/c1-21(2,3)30-20(29)27-10-6-17(7-11-27)16-4-8-26(9-5-16)18-12-19(24-14-23-18)28-15-22-13-25-28/h12-17H,4-11H2,1-3H3. The summed E-state index contributed by atoms with van der Waals surface area (Å²) in [5.41, 5.74) is -0.435. The Labute approximate surface area is 177 Å². The molecule has 0 radical (unpaired) electrons. The predicted octanol–water partition coefficient (Wildman–Crippen LogP) is 2.92. The van der Waals surface area contributed by atoms with Crippen LogP contribution in [0.3, 0.4) is 0 Å². The summed E-state index contributed by atoms with van der Waals surface area (Å²) in [7, 11) is 0. The van der Waals surface area contributed by atoms with Gasteiger partial charge in [0.2, 0.25) is 0 Å². The number of piperidine rings is 2. The molecule has 0 spiro atoms. The quantitative estimate of drug-likeness (QED) is 0.764. The maximum atomic E-state index is 12.3. The van der Waals surface area contributed by atoms with E-state index in [0.29, 0.717) is 11.8 Å². The molecule has 0 aliphatic carbocycles. The van der Waals surface area contributed by atoms with Gasteiger partial charge in [-0.2, -0.15) is 5.10 Å². The average molecular weight is 414 g/mol. The summed E-state index contributed by atoms with van der Waals surface area (Å²) in [5.74, 6) is 3.06. The Morgan fingerprint density at radius 1 is 0.967 bits per heavy atom. The molecular weight excluding hydrogens is 382 g/mol. The van der Waals surface area contributed by atoms with E-state index in [-0.39, 0.29) is 6.09 Å². The van der Waals surface area contributed by atoms with Crippen molar-refractivity contribution in [1.29, 1.82) is 0 Å². The molecule has 0 bridgehead atoms. The van der Waals surface area contributed by atoms with Crippen LogP contribution in [0.1, 0.15) is 46.5 Å². The SMILES string of the molecule is CC(C)(C)OC(=O)N1CCC(C2CCN(c3cc(-n4cncn4)ncn3)CC2)CC1. The third kappa shape index (κ3) is 4.88. The van der Waals surface area contributed by atoms with Gasteiger partial charge in [0.1, 0.15) is 30.4 Å². The third-order valence-electron chi connectivity index (χ3n) is 6.01. The molecular formula is C21H31N7O2. The minimum atomic E-state index is -0.435. The maximum absolute atomic E-state index is 12.3. The highest BCUT2D eigenvalue weighted by molar-refractivity contribution is 5.68. The minimum Gasteiger partial charge on any atom is -0.444 e. The predicted molar refractivity (Wildman–Crippen MR) is 112 cm³/mol. The second-order valence-corrected chi connectivity index (χ2v) is 9.20. The molecule has 9 heteroatoms.